The molecule has 0 aromatic heterocycles. The molecule has 4 heteroatoms. The monoisotopic (exact) mass is 251 g/mol. The highest BCUT2D eigenvalue weighted by Gasteiger charge is 2.37. The molecular formula is C13H14FNOS. The average Bonchev–Trinajstić information content (AvgIpc) is 2.79. The van der Waals surface area contributed by atoms with Gasteiger partial charge in [-0.3, -0.25) is 0 Å². The molecule has 0 aliphatic heterocycles. The second kappa shape index (κ2) is 5.03. The topological polar surface area (TPSA) is 29.4 Å². The number of benzene rings is 1. The Labute approximate surface area is 104 Å². The summed E-state index contributed by atoms with van der Waals surface area (Å²) in [5, 5.41) is 0. The second-order valence-corrected chi connectivity index (χ2v) is 5.08. The summed E-state index contributed by atoms with van der Waals surface area (Å²) in [4.78, 5) is 15.2. The first-order chi connectivity index (χ1) is 8.23. The Hall–Kier alpha value is -1.12. The molecule has 0 saturated heterocycles. The first-order valence-electron chi connectivity index (χ1n) is 5.65. The van der Waals surface area contributed by atoms with Gasteiger partial charge in [-0.2, -0.15) is 4.99 Å². The lowest BCUT2D eigenvalue weighted by Gasteiger charge is -2.25. The first kappa shape index (κ1) is 12.3. The minimum absolute atomic E-state index is 0.234. The van der Waals surface area contributed by atoms with Crippen LogP contribution in [0, 0.1) is 5.82 Å². The maximum absolute atomic E-state index is 13.8. The number of hydrogen-bond acceptors (Lipinski definition) is 3. The molecule has 1 aliphatic rings. The van der Waals surface area contributed by atoms with Crippen molar-refractivity contribution in [1.82, 2.24) is 0 Å². The van der Waals surface area contributed by atoms with Crippen LogP contribution in [0.1, 0.15) is 31.2 Å². The van der Waals surface area contributed by atoms with Crippen LogP contribution in [0.3, 0.4) is 0 Å². The van der Waals surface area contributed by atoms with Gasteiger partial charge in [-0.25, -0.2) is 9.18 Å². The molecule has 1 aliphatic carbocycles. The fraction of sp³-hybridized carbons (Fsp3) is 0.462. The molecule has 1 fully saturated rings. The van der Waals surface area contributed by atoms with Crippen molar-refractivity contribution >= 4 is 17.8 Å². The van der Waals surface area contributed by atoms with Gasteiger partial charge in [0.05, 0.1) is 5.54 Å². The standard InChI is InChI=1S/C13H14FNOS/c1-17-12-10(5-4-6-11(12)14)13(15-9-16)7-2-3-8-13/h4-6H,2-3,7-8H2,1H3. The Kier molecular flexibility index (Phi) is 3.65. The molecule has 0 N–H and O–H groups in total. The Balaban J connectivity index is 2.57. The number of nitrogens with zero attached hydrogens (tertiary/aromatic N) is 1. The summed E-state index contributed by atoms with van der Waals surface area (Å²) in [6.07, 6.45) is 7.16. The van der Waals surface area contributed by atoms with Gasteiger partial charge in [0.25, 0.3) is 0 Å². The summed E-state index contributed by atoms with van der Waals surface area (Å²) in [6.45, 7) is 0. The number of halogens is 1. The Morgan fingerprint density at radius 3 is 2.71 bits per heavy atom. The Morgan fingerprint density at radius 2 is 2.12 bits per heavy atom. The van der Waals surface area contributed by atoms with Gasteiger partial charge in [-0.05, 0) is 30.7 Å². The summed E-state index contributed by atoms with van der Waals surface area (Å²) in [7, 11) is 0. The van der Waals surface area contributed by atoms with Gasteiger partial charge < -0.3 is 0 Å². The summed E-state index contributed by atoms with van der Waals surface area (Å²) in [5.74, 6) is -0.234. The van der Waals surface area contributed by atoms with Gasteiger partial charge in [0.2, 0.25) is 6.08 Å². The quantitative estimate of drug-likeness (QED) is 0.466. The van der Waals surface area contributed by atoms with E-state index in [4.69, 9.17) is 0 Å². The number of thioether (sulfide) groups is 1. The van der Waals surface area contributed by atoms with E-state index in [1.807, 2.05) is 12.3 Å². The van der Waals surface area contributed by atoms with E-state index in [-0.39, 0.29) is 5.82 Å². The van der Waals surface area contributed by atoms with Crippen LogP contribution in [0.5, 0.6) is 0 Å². The van der Waals surface area contributed by atoms with Crippen molar-refractivity contribution in [2.45, 2.75) is 36.1 Å². The van der Waals surface area contributed by atoms with Crippen LogP contribution < -0.4 is 0 Å². The van der Waals surface area contributed by atoms with E-state index < -0.39 is 5.54 Å². The van der Waals surface area contributed by atoms with Crippen LogP contribution in [-0.2, 0) is 10.3 Å². The predicted molar refractivity (Wildman–Crippen MR) is 66.4 cm³/mol. The van der Waals surface area contributed by atoms with Crippen molar-refractivity contribution in [2.24, 2.45) is 4.99 Å². The molecule has 17 heavy (non-hydrogen) atoms. The zero-order valence-electron chi connectivity index (χ0n) is 9.70. The molecule has 0 heterocycles. The highest BCUT2D eigenvalue weighted by molar-refractivity contribution is 7.98. The van der Waals surface area contributed by atoms with Crippen molar-refractivity contribution in [3.05, 3.63) is 29.6 Å². The lowest BCUT2D eigenvalue weighted by molar-refractivity contribution is 0.441. The molecule has 1 saturated carbocycles. The van der Waals surface area contributed by atoms with Crippen molar-refractivity contribution in [3.8, 4) is 0 Å². The molecule has 0 amide bonds. The molecule has 2 nitrogen and oxygen atoms in total. The third-order valence-electron chi connectivity index (χ3n) is 3.36. The molecule has 90 valence electrons. The van der Waals surface area contributed by atoms with E-state index >= 15 is 0 Å². The van der Waals surface area contributed by atoms with E-state index in [0.29, 0.717) is 4.90 Å². The predicted octanol–water partition coefficient (Wildman–Crippen LogP) is 3.65. The van der Waals surface area contributed by atoms with Gasteiger partial charge >= 0.3 is 0 Å². The number of aliphatic imine (C=N–C) groups is 1. The minimum atomic E-state index is -0.539. The van der Waals surface area contributed by atoms with E-state index in [2.05, 4.69) is 4.99 Å². The van der Waals surface area contributed by atoms with Gasteiger partial charge in [-0.15, -0.1) is 11.8 Å². The van der Waals surface area contributed by atoms with Gasteiger partial charge in [0, 0.05) is 4.90 Å². The van der Waals surface area contributed by atoms with Gasteiger partial charge in [-0.1, -0.05) is 25.0 Å². The maximum Gasteiger partial charge on any atom is 0.235 e. The van der Waals surface area contributed by atoms with E-state index in [1.165, 1.54) is 17.8 Å². The first-order valence-corrected chi connectivity index (χ1v) is 6.88. The number of carbonyl (C=O) groups excluding carboxylic acids is 1. The van der Waals surface area contributed by atoms with Crippen molar-refractivity contribution in [3.63, 3.8) is 0 Å². The van der Waals surface area contributed by atoms with Crippen LogP contribution in [-0.4, -0.2) is 12.3 Å². The van der Waals surface area contributed by atoms with Crippen molar-refractivity contribution < 1.29 is 9.18 Å². The zero-order chi connectivity index (χ0) is 12.3. The summed E-state index contributed by atoms with van der Waals surface area (Å²) >= 11 is 1.37. The van der Waals surface area contributed by atoms with E-state index in [9.17, 15) is 9.18 Å². The lowest BCUT2D eigenvalue weighted by atomic mass is 9.89. The zero-order valence-corrected chi connectivity index (χ0v) is 10.5. The minimum Gasteiger partial charge on any atom is -0.211 e. The molecule has 1 aromatic rings. The fourth-order valence-corrected chi connectivity index (χ4v) is 3.31. The van der Waals surface area contributed by atoms with Crippen molar-refractivity contribution in [1.29, 1.82) is 0 Å². The molecule has 0 radical (unpaired) electrons. The highest BCUT2D eigenvalue weighted by atomic mass is 32.2. The Morgan fingerprint density at radius 1 is 1.41 bits per heavy atom. The summed E-state index contributed by atoms with van der Waals surface area (Å²) < 4.78 is 13.8. The number of hydrogen-bond donors (Lipinski definition) is 0. The molecule has 0 unspecified atom stereocenters. The summed E-state index contributed by atoms with van der Waals surface area (Å²) in [5.41, 5.74) is 0.299. The normalized spacial score (nSPS) is 17.8. The molecular weight excluding hydrogens is 237 g/mol. The molecule has 0 spiro atoms. The van der Waals surface area contributed by atoms with Gasteiger partial charge in [0.1, 0.15) is 5.82 Å². The number of isocyanates is 1. The van der Waals surface area contributed by atoms with Crippen LogP contribution in [0.25, 0.3) is 0 Å². The van der Waals surface area contributed by atoms with E-state index in [0.717, 1.165) is 31.2 Å². The van der Waals surface area contributed by atoms with Gasteiger partial charge in [0.15, 0.2) is 0 Å². The summed E-state index contributed by atoms with van der Waals surface area (Å²) in [6, 6.07) is 5.01. The van der Waals surface area contributed by atoms with Crippen LogP contribution >= 0.6 is 11.8 Å². The number of rotatable bonds is 3. The van der Waals surface area contributed by atoms with Crippen LogP contribution in [0.2, 0.25) is 0 Å². The molecule has 0 atom stereocenters. The fourth-order valence-electron chi connectivity index (χ4n) is 2.57. The second-order valence-electron chi connectivity index (χ2n) is 4.26. The smallest absolute Gasteiger partial charge is 0.211 e. The highest BCUT2D eigenvalue weighted by Crippen LogP contribution is 2.45. The Bertz CT molecular complexity index is 462. The molecule has 1 aromatic carbocycles. The van der Waals surface area contributed by atoms with Crippen LogP contribution in [0.4, 0.5) is 4.39 Å². The third-order valence-corrected chi connectivity index (χ3v) is 4.19. The van der Waals surface area contributed by atoms with E-state index in [1.54, 1.807) is 12.1 Å². The maximum atomic E-state index is 13.8. The largest absolute Gasteiger partial charge is 0.235 e. The molecule has 0 bridgehead atoms. The third kappa shape index (κ3) is 2.15. The van der Waals surface area contributed by atoms with Crippen molar-refractivity contribution in [2.75, 3.05) is 6.26 Å². The van der Waals surface area contributed by atoms with Crippen LogP contribution in [0.15, 0.2) is 28.1 Å². The average molecular weight is 251 g/mol. The molecule has 2 rings (SSSR count). The SMILES string of the molecule is CSc1c(F)cccc1C1(N=C=O)CCCC1. The lowest BCUT2D eigenvalue weighted by Crippen LogP contribution is -2.20.